The standard InChI is InChI=1S/C22H35N3O2/c1-3-17-5-7-18(8-6-17)15-21(26)25-16-19-9-11-20(12-10-19)22(27)24-14-4-13-23-2/h5-8,19-20,23H,3-4,9-16H2,1-2H3,(H,24,27)(H,25,26). The minimum absolute atomic E-state index is 0.0867. The Labute approximate surface area is 163 Å². The average molecular weight is 374 g/mol. The normalized spacial score (nSPS) is 19.5. The Balaban J connectivity index is 1.62. The molecule has 0 bridgehead atoms. The van der Waals surface area contributed by atoms with Crippen LogP contribution in [0.4, 0.5) is 0 Å². The van der Waals surface area contributed by atoms with Crippen molar-refractivity contribution < 1.29 is 9.59 Å². The van der Waals surface area contributed by atoms with E-state index in [4.69, 9.17) is 0 Å². The molecule has 0 aliphatic heterocycles. The first kappa shape index (κ1) is 21.4. The molecule has 0 atom stereocenters. The van der Waals surface area contributed by atoms with Gasteiger partial charge in [0.25, 0.3) is 0 Å². The Morgan fingerprint density at radius 2 is 1.63 bits per heavy atom. The number of carbonyl (C=O) groups is 2. The van der Waals surface area contributed by atoms with Crippen LogP contribution in [0.3, 0.4) is 0 Å². The van der Waals surface area contributed by atoms with Crippen molar-refractivity contribution >= 4 is 11.8 Å². The summed E-state index contributed by atoms with van der Waals surface area (Å²) in [5.74, 6) is 0.918. The summed E-state index contributed by atoms with van der Waals surface area (Å²) in [6, 6.07) is 8.26. The number of hydrogen-bond donors (Lipinski definition) is 3. The van der Waals surface area contributed by atoms with Crippen molar-refractivity contribution in [1.29, 1.82) is 0 Å². The predicted octanol–water partition coefficient (Wildman–Crippen LogP) is 2.44. The molecule has 27 heavy (non-hydrogen) atoms. The molecule has 2 rings (SSSR count). The molecule has 0 aromatic heterocycles. The first-order valence-electron chi connectivity index (χ1n) is 10.4. The van der Waals surface area contributed by atoms with Gasteiger partial charge in [0.15, 0.2) is 0 Å². The van der Waals surface area contributed by atoms with Crippen molar-refractivity contribution in [2.75, 3.05) is 26.7 Å². The van der Waals surface area contributed by atoms with Crippen molar-refractivity contribution in [3.63, 3.8) is 0 Å². The minimum Gasteiger partial charge on any atom is -0.356 e. The lowest BCUT2D eigenvalue weighted by Crippen LogP contribution is -2.37. The highest BCUT2D eigenvalue weighted by Gasteiger charge is 2.26. The second-order valence-electron chi connectivity index (χ2n) is 7.62. The van der Waals surface area contributed by atoms with Gasteiger partial charge < -0.3 is 16.0 Å². The van der Waals surface area contributed by atoms with Gasteiger partial charge in [-0.25, -0.2) is 0 Å². The molecule has 5 heteroatoms. The van der Waals surface area contributed by atoms with Crippen LogP contribution in [-0.4, -0.2) is 38.5 Å². The molecule has 3 N–H and O–H groups in total. The van der Waals surface area contributed by atoms with Crippen LogP contribution in [0.1, 0.15) is 50.2 Å². The van der Waals surface area contributed by atoms with Gasteiger partial charge in [-0.1, -0.05) is 31.2 Å². The van der Waals surface area contributed by atoms with Crippen LogP contribution >= 0.6 is 0 Å². The topological polar surface area (TPSA) is 70.2 Å². The largest absolute Gasteiger partial charge is 0.356 e. The van der Waals surface area contributed by atoms with Crippen LogP contribution in [0.2, 0.25) is 0 Å². The Bertz CT molecular complexity index is 578. The van der Waals surface area contributed by atoms with E-state index < -0.39 is 0 Å². The highest BCUT2D eigenvalue weighted by molar-refractivity contribution is 5.79. The van der Waals surface area contributed by atoms with E-state index in [0.717, 1.165) is 63.7 Å². The molecule has 1 aliphatic rings. The Morgan fingerprint density at radius 1 is 0.963 bits per heavy atom. The maximum absolute atomic E-state index is 12.2. The van der Waals surface area contributed by atoms with E-state index in [0.29, 0.717) is 12.3 Å². The highest BCUT2D eigenvalue weighted by atomic mass is 16.2. The molecular weight excluding hydrogens is 338 g/mol. The molecule has 0 heterocycles. The van der Waals surface area contributed by atoms with Crippen molar-refractivity contribution in [3.05, 3.63) is 35.4 Å². The van der Waals surface area contributed by atoms with Crippen molar-refractivity contribution in [2.45, 2.75) is 51.9 Å². The number of aryl methyl sites for hydroxylation is 1. The van der Waals surface area contributed by atoms with E-state index >= 15 is 0 Å². The molecule has 0 saturated heterocycles. The molecule has 1 aromatic carbocycles. The quantitative estimate of drug-likeness (QED) is 0.552. The van der Waals surface area contributed by atoms with Gasteiger partial charge in [0.05, 0.1) is 6.42 Å². The number of amides is 2. The SMILES string of the molecule is CCc1ccc(CC(=O)NCC2CCC(C(=O)NCCCNC)CC2)cc1. The zero-order valence-corrected chi connectivity index (χ0v) is 16.9. The lowest BCUT2D eigenvalue weighted by Gasteiger charge is -2.28. The summed E-state index contributed by atoms with van der Waals surface area (Å²) in [6.45, 7) is 4.52. The number of nitrogens with one attached hydrogen (secondary N) is 3. The van der Waals surface area contributed by atoms with Crippen LogP contribution in [0.25, 0.3) is 0 Å². The van der Waals surface area contributed by atoms with Crippen molar-refractivity contribution in [1.82, 2.24) is 16.0 Å². The third kappa shape index (κ3) is 7.71. The fourth-order valence-corrected chi connectivity index (χ4v) is 3.65. The third-order valence-corrected chi connectivity index (χ3v) is 5.50. The maximum Gasteiger partial charge on any atom is 0.224 e. The van der Waals surface area contributed by atoms with Crippen LogP contribution in [-0.2, 0) is 22.4 Å². The molecule has 0 radical (unpaired) electrons. The highest BCUT2D eigenvalue weighted by Crippen LogP contribution is 2.28. The molecule has 1 saturated carbocycles. The van der Waals surface area contributed by atoms with Gasteiger partial charge in [-0.15, -0.1) is 0 Å². The molecular formula is C22H35N3O2. The summed E-state index contributed by atoms with van der Waals surface area (Å²) in [5.41, 5.74) is 2.35. The van der Waals surface area contributed by atoms with Gasteiger partial charge >= 0.3 is 0 Å². The Morgan fingerprint density at radius 3 is 2.26 bits per heavy atom. The van der Waals surface area contributed by atoms with Gasteiger partial charge in [0, 0.05) is 19.0 Å². The monoisotopic (exact) mass is 373 g/mol. The van der Waals surface area contributed by atoms with Gasteiger partial charge in [0.2, 0.25) is 11.8 Å². The molecule has 0 unspecified atom stereocenters. The van der Waals surface area contributed by atoms with Crippen LogP contribution in [0.15, 0.2) is 24.3 Å². The number of benzene rings is 1. The van der Waals surface area contributed by atoms with Gasteiger partial charge in [0.1, 0.15) is 0 Å². The van der Waals surface area contributed by atoms with Gasteiger partial charge in [-0.3, -0.25) is 9.59 Å². The predicted molar refractivity (Wildman–Crippen MR) is 110 cm³/mol. The third-order valence-electron chi connectivity index (χ3n) is 5.50. The van der Waals surface area contributed by atoms with E-state index in [1.54, 1.807) is 0 Å². The summed E-state index contributed by atoms with van der Waals surface area (Å²) in [5, 5.41) is 9.20. The van der Waals surface area contributed by atoms with Gasteiger partial charge in [-0.2, -0.15) is 0 Å². The first-order chi connectivity index (χ1) is 13.1. The van der Waals surface area contributed by atoms with Gasteiger partial charge in [-0.05, 0) is 69.2 Å². The smallest absolute Gasteiger partial charge is 0.224 e. The summed E-state index contributed by atoms with van der Waals surface area (Å²) >= 11 is 0. The summed E-state index contributed by atoms with van der Waals surface area (Å²) in [4.78, 5) is 24.4. The maximum atomic E-state index is 12.2. The summed E-state index contributed by atoms with van der Waals surface area (Å²) in [6.07, 6.45) is 6.30. The minimum atomic E-state index is 0.0867. The summed E-state index contributed by atoms with van der Waals surface area (Å²) < 4.78 is 0. The second-order valence-corrected chi connectivity index (χ2v) is 7.62. The zero-order chi connectivity index (χ0) is 19.5. The van der Waals surface area contributed by atoms with Crippen LogP contribution in [0.5, 0.6) is 0 Å². The van der Waals surface area contributed by atoms with E-state index in [1.165, 1.54) is 5.56 Å². The molecule has 0 spiro atoms. The van der Waals surface area contributed by atoms with E-state index in [1.807, 2.05) is 19.2 Å². The number of rotatable bonds is 10. The van der Waals surface area contributed by atoms with E-state index in [2.05, 4.69) is 35.0 Å². The van der Waals surface area contributed by atoms with Crippen molar-refractivity contribution in [2.24, 2.45) is 11.8 Å². The first-order valence-corrected chi connectivity index (χ1v) is 10.4. The Hall–Kier alpha value is -1.88. The van der Waals surface area contributed by atoms with Crippen molar-refractivity contribution in [3.8, 4) is 0 Å². The lowest BCUT2D eigenvalue weighted by molar-refractivity contribution is -0.126. The number of carbonyl (C=O) groups excluding carboxylic acids is 2. The Kier molecular flexibility index (Phi) is 9.32. The zero-order valence-electron chi connectivity index (χ0n) is 16.9. The molecule has 150 valence electrons. The molecule has 1 aromatic rings. The van der Waals surface area contributed by atoms with Crippen LogP contribution < -0.4 is 16.0 Å². The molecule has 1 fully saturated rings. The summed E-state index contributed by atoms with van der Waals surface area (Å²) in [7, 11) is 1.92. The molecule has 5 nitrogen and oxygen atoms in total. The van der Waals surface area contributed by atoms with Crippen LogP contribution in [0, 0.1) is 11.8 Å². The van der Waals surface area contributed by atoms with E-state index in [9.17, 15) is 9.59 Å². The second kappa shape index (κ2) is 11.8. The molecule has 2 amide bonds. The fourth-order valence-electron chi connectivity index (χ4n) is 3.65. The molecule has 1 aliphatic carbocycles. The average Bonchev–Trinajstić information content (AvgIpc) is 2.70. The van der Waals surface area contributed by atoms with E-state index in [-0.39, 0.29) is 17.7 Å². The fraction of sp³-hybridized carbons (Fsp3) is 0.636. The lowest BCUT2D eigenvalue weighted by atomic mass is 9.81. The number of hydrogen-bond acceptors (Lipinski definition) is 3.